The lowest BCUT2D eigenvalue weighted by molar-refractivity contribution is -0.145. The molecule has 0 atom stereocenters. The molecular weight excluding hydrogens is 156 g/mol. The Labute approximate surface area is 74.0 Å². The molecule has 0 aromatic rings. The summed E-state index contributed by atoms with van der Waals surface area (Å²) in [5, 5.41) is 0. The summed E-state index contributed by atoms with van der Waals surface area (Å²) in [6, 6.07) is 0. The van der Waals surface area contributed by atoms with Crippen molar-refractivity contribution in [2.75, 3.05) is 20.3 Å². The van der Waals surface area contributed by atoms with Gasteiger partial charge in [0.15, 0.2) is 0 Å². The molecular formula is C9H18O3. The maximum atomic E-state index is 10.9. The van der Waals surface area contributed by atoms with E-state index < -0.39 is 0 Å². The molecule has 0 bridgehead atoms. The number of carbonyl (C=O) groups is 1. The van der Waals surface area contributed by atoms with E-state index in [1.807, 2.05) is 0 Å². The summed E-state index contributed by atoms with van der Waals surface area (Å²) >= 11 is 0. The van der Waals surface area contributed by atoms with Gasteiger partial charge in [0.05, 0.1) is 6.61 Å². The van der Waals surface area contributed by atoms with Crippen LogP contribution in [0.5, 0.6) is 0 Å². The van der Waals surface area contributed by atoms with Crippen LogP contribution in [0.25, 0.3) is 0 Å². The molecule has 0 aromatic heterocycles. The van der Waals surface area contributed by atoms with Crippen molar-refractivity contribution in [3.63, 3.8) is 0 Å². The third kappa shape index (κ3) is 7.54. The van der Waals surface area contributed by atoms with E-state index in [4.69, 9.17) is 9.47 Å². The third-order valence-corrected chi connectivity index (χ3v) is 1.48. The molecule has 0 amide bonds. The molecule has 0 aromatic carbocycles. The van der Waals surface area contributed by atoms with Crippen LogP contribution in [0.4, 0.5) is 0 Å². The molecule has 0 saturated carbocycles. The van der Waals surface area contributed by atoms with E-state index >= 15 is 0 Å². The minimum atomic E-state index is -0.124. The van der Waals surface area contributed by atoms with E-state index in [1.165, 1.54) is 0 Å². The van der Waals surface area contributed by atoms with Gasteiger partial charge in [-0.1, -0.05) is 13.8 Å². The van der Waals surface area contributed by atoms with Gasteiger partial charge in [0.2, 0.25) is 0 Å². The topological polar surface area (TPSA) is 35.5 Å². The van der Waals surface area contributed by atoms with E-state index in [0.29, 0.717) is 25.6 Å². The first-order chi connectivity index (χ1) is 5.66. The average molecular weight is 174 g/mol. The van der Waals surface area contributed by atoms with Gasteiger partial charge in [-0.3, -0.25) is 4.79 Å². The molecule has 0 saturated heterocycles. The van der Waals surface area contributed by atoms with E-state index in [9.17, 15) is 4.79 Å². The van der Waals surface area contributed by atoms with Crippen LogP contribution < -0.4 is 0 Å². The smallest absolute Gasteiger partial charge is 0.305 e. The number of esters is 1. The molecule has 0 aliphatic heterocycles. The molecule has 0 fully saturated rings. The molecule has 0 rings (SSSR count). The van der Waals surface area contributed by atoms with Gasteiger partial charge in [-0.25, -0.2) is 0 Å². The minimum Gasteiger partial charge on any atom is -0.463 e. The van der Waals surface area contributed by atoms with Crippen LogP contribution in [0.15, 0.2) is 0 Å². The highest BCUT2D eigenvalue weighted by molar-refractivity contribution is 5.69. The summed E-state index contributed by atoms with van der Waals surface area (Å²) in [4.78, 5) is 10.9. The maximum absolute atomic E-state index is 10.9. The SMILES string of the molecule is COCCOC(=O)CCC(C)C. The summed E-state index contributed by atoms with van der Waals surface area (Å²) in [7, 11) is 1.59. The molecule has 72 valence electrons. The number of hydrogen-bond acceptors (Lipinski definition) is 3. The zero-order chi connectivity index (χ0) is 9.40. The van der Waals surface area contributed by atoms with Crippen molar-refractivity contribution in [3.05, 3.63) is 0 Å². The Morgan fingerprint density at radius 3 is 2.50 bits per heavy atom. The largest absolute Gasteiger partial charge is 0.463 e. The van der Waals surface area contributed by atoms with Crippen LogP contribution in [0.2, 0.25) is 0 Å². The van der Waals surface area contributed by atoms with E-state index in [1.54, 1.807) is 7.11 Å². The van der Waals surface area contributed by atoms with Crippen molar-refractivity contribution in [1.82, 2.24) is 0 Å². The maximum Gasteiger partial charge on any atom is 0.305 e. The van der Waals surface area contributed by atoms with Gasteiger partial charge in [-0.05, 0) is 12.3 Å². The quantitative estimate of drug-likeness (QED) is 0.453. The molecule has 0 aliphatic carbocycles. The van der Waals surface area contributed by atoms with Crippen molar-refractivity contribution < 1.29 is 14.3 Å². The lowest BCUT2D eigenvalue weighted by Gasteiger charge is -2.05. The van der Waals surface area contributed by atoms with Crippen LogP contribution >= 0.6 is 0 Å². The van der Waals surface area contributed by atoms with E-state index in [-0.39, 0.29) is 5.97 Å². The van der Waals surface area contributed by atoms with Gasteiger partial charge in [-0.15, -0.1) is 0 Å². The second kappa shape index (κ2) is 7.10. The predicted molar refractivity (Wildman–Crippen MR) is 46.9 cm³/mol. The van der Waals surface area contributed by atoms with Crippen LogP contribution in [0, 0.1) is 5.92 Å². The summed E-state index contributed by atoms with van der Waals surface area (Å²) in [6.45, 7) is 5.02. The van der Waals surface area contributed by atoms with Gasteiger partial charge in [0.25, 0.3) is 0 Å². The highest BCUT2D eigenvalue weighted by atomic mass is 16.6. The Hall–Kier alpha value is -0.570. The fourth-order valence-corrected chi connectivity index (χ4v) is 0.718. The molecule has 0 N–H and O–H groups in total. The van der Waals surface area contributed by atoms with Gasteiger partial charge < -0.3 is 9.47 Å². The van der Waals surface area contributed by atoms with Crippen molar-refractivity contribution in [1.29, 1.82) is 0 Å². The van der Waals surface area contributed by atoms with Gasteiger partial charge in [0, 0.05) is 13.5 Å². The monoisotopic (exact) mass is 174 g/mol. The molecule has 0 radical (unpaired) electrons. The summed E-state index contributed by atoms with van der Waals surface area (Å²) < 4.78 is 9.61. The van der Waals surface area contributed by atoms with Crippen molar-refractivity contribution in [2.45, 2.75) is 26.7 Å². The first kappa shape index (κ1) is 11.4. The minimum absolute atomic E-state index is 0.124. The Balaban J connectivity index is 3.22. The summed E-state index contributed by atoms with van der Waals surface area (Å²) in [5.74, 6) is 0.431. The number of rotatable bonds is 6. The molecule has 12 heavy (non-hydrogen) atoms. The average Bonchev–Trinajstić information content (AvgIpc) is 2.01. The standard InChI is InChI=1S/C9H18O3/c1-8(2)4-5-9(10)12-7-6-11-3/h8H,4-7H2,1-3H3. The molecule has 0 heterocycles. The first-order valence-electron chi connectivity index (χ1n) is 4.31. The van der Waals surface area contributed by atoms with Crippen molar-refractivity contribution in [3.8, 4) is 0 Å². The Morgan fingerprint density at radius 2 is 2.00 bits per heavy atom. The van der Waals surface area contributed by atoms with Crippen LogP contribution in [-0.2, 0) is 14.3 Å². The lowest BCUT2D eigenvalue weighted by atomic mass is 10.1. The number of hydrogen-bond donors (Lipinski definition) is 0. The van der Waals surface area contributed by atoms with Crippen LogP contribution in [0.1, 0.15) is 26.7 Å². The zero-order valence-electron chi connectivity index (χ0n) is 8.13. The third-order valence-electron chi connectivity index (χ3n) is 1.48. The first-order valence-corrected chi connectivity index (χ1v) is 4.31. The van der Waals surface area contributed by atoms with Gasteiger partial charge in [0.1, 0.15) is 6.61 Å². The van der Waals surface area contributed by atoms with Crippen molar-refractivity contribution in [2.24, 2.45) is 5.92 Å². The van der Waals surface area contributed by atoms with Gasteiger partial charge in [-0.2, -0.15) is 0 Å². The molecule has 0 spiro atoms. The van der Waals surface area contributed by atoms with Crippen LogP contribution in [0.3, 0.4) is 0 Å². The Bertz CT molecular complexity index is 121. The highest BCUT2D eigenvalue weighted by Crippen LogP contribution is 2.03. The van der Waals surface area contributed by atoms with Gasteiger partial charge >= 0.3 is 5.97 Å². The molecule has 3 heteroatoms. The Morgan fingerprint density at radius 1 is 1.33 bits per heavy atom. The Kier molecular flexibility index (Phi) is 6.76. The predicted octanol–water partition coefficient (Wildman–Crippen LogP) is 1.61. The van der Waals surface area contributed by atoms with E-state index in [0.717, 1.165) is 6.42 Å². The summed E-state index contributed by atoms with van der Waals surface area (Å²) in [6.07, 6.45) is 1.41. The summed E-state index contributed by atoms with van der Waals surface area (Å²) in [5.41, 5.74) is 0. The highest BCUT2D eigenvalue weighted by Gasteiger charge is 2.03. The molecule has 0 unspecified atom stereocenters. The molecule has 3 nitrogen and oxygen atoms in total. The zero-order valence-corrected chi connectivity index (χ0v) is 8.13. The lowest BCUT2D eigenvalue weighted by Crippen LogP contribution is -2.10. The second-order valence-electron chi connectivity index (χ2n) is 3.15. The normalized spacial score (nSPS) is 10.3. The number of ether oxygens (including phenoxy) is 2. The molecule has 0 aliphatic rings. The number of carbonyl (C=O) groups excluding carboxylic acids is 1. The van der Waals surface area contributed by atoms with E-state index in [2.05, 4.69) is 13.8 Å². The van der Waals surface area contributed by atoms with Crippen molar-refractivity contribution >= 4 is 5.97 Å². The second-order valence-corrected chi connectivity index (χ2v) is 3.15. The fourth-order valence-electron chi connectivity index (χ4n) is 0.718. The van der Waals surface area contributed by atoms with Crippen LogP contribution in [-0.4, -0.2) is 26.3 Å². The number of methoxy groups -OCH3 is 1. The fraction of sp³-hybridized carbons (Fsp3) is 0.889.